The maximum absolute atomic E-state index is 14.2. The molecule has 0 aliphatic rings. The van der Waals surface area contributed by atoms with Gasteiger partial charge in [0.05, 0.1) is 22.3 Å². The van der Waals surface area contributed by atoms with Gasteiger partial charge in [-0.1, -0.05) is 0 Å². The number of halogens is 5. The Bertz CT molecular complexity index is 1160. The smallest absolute Gasteiger partial charge is 0.341 e. The van der Waals surface area contributed by atoms with Gasteiger partial charge in [-0.3, -0.25) is 4.79 Å². The summed E-state index contributed by atoms with van der Waals surface area (Å²) in [5.74, 6) is -10.0. The highest BCUT2D eigenvalue weighted by molar-refractivity contribution is 5.93. The summed E-state index contributed by atoms with van der Waals surface area (Å²) in [5, 5.41) is 8.50. The fraction of sp³-hybridized carbons (Fsp3) is 0. The minimum Gasteiger partial charge on any atom is -0.477 e. The van der Waals surface area contributed by atoms with Gasteiger partial charge in [0.25, 0.3) is 0 Å². The Balaban J connectivity index is 2.55. The number of carboxylic acids is 1. The number of pyridine rings is 1. The molecule has 0 radical (unpaired) electrons. The molecule has 0 spiro atoms. The molecule has 26 heavy (non-hydrogen) atoms. The average Bonchev–Trinajstić information content (AvgIpc) is 2.58. The molecule has 3 rings (SSSR count). The van der Waals surface area contributed by atoms with Crippen molar-refractivity contribution in [3.05, 3.63) is 69.3 Å². The lowest BCUT2D eigenvalue weighted by atomic mass is 10.1. The van der Waals surface area contributed by atoms with Gasteiger partial charge in [-0.25, -0.2) is 26.7 Å². The molecule has 1 heterocycles. The molecule has 0 saturated carbocycles. The summed E-state index contributed by atoms with van der Waals surface area (Å²) in [4.78, 5) is 23.4. The van der Waals surface area contributed by atoms with Crippen molar-refractivity contribution in [3.8, 4) is 5.69 Å². The van der Waals surface area contributed by atoms with Crippen LogP contribution in [0.25, 0.3) is 16.6 Å². The van der Waals surface area contributed by atoms with Crippen LogP contribution in [0.3, 0.4) is 0 Å². The molecule has 0 bridgehead atoms. The Morgan fingerprint density at radius 3 is 2.19 bits per heavy atom. The number of carboxylic acid groups (broad SMARTS) is 1. The van der Waals surface area contributed by atoms with Crippen LogP contribution < -0.4 is 11.2 Å². The van der Waals surface area contributed by atoms with Crippen LogP contribution in [0.15, 0.2) is 29.2 Å². The van der Waals surface area contributed by atoms with Crippen LogP contribution in [0.1, 0.15) is 10.4 Å². The van der Waals surface area contributed by atoms with Gasteiger partial charge in [0.15, 0.2) is 29.1 Å². The Labute approximate surface area is 140 Å². The van der Waals surface area contributed by atoms with E-state index in [1.807, 2.05) is 0 Å². The van der Waals surface area contributed by atoms with Crippen LogP contribution in [0.2, 0.25) is 0 Å². The molecule has 0 atom stereocenters. The van der Waals surface area contributed by atoms with Crippen molar-refractivity contribution >= 4 is 22.6 Å². The molecule has 0 aliphatic carbocycles. The van der Waals surface area contributed by atoms with Gasteiger partial charge in [-0.2, -0.15) is 0 Å². The maximum Gasteiger partial charge on any atom is 0.341 e. The highest BCUT2D eigenvalue weighted by Crippen LogP contribution is 2.27. The topological polar surface area (TPSA) is 85.3 Å². The maximum atomic E-state index is 14.2. The van der Waals surface area contributed by atoms with E-state index in [1.54, 1.807) is 0 Å². The number of hydrogen-bond donors (Lipinski definition) is 2. The predicted octanol–water partition coefficient (Wildman–Crippen LogP) is 2.97. The van der Waals surface area contributed by atoms with Crippen molar-refractivity contribution in [2.75, 3.05) is 5.73 Å². The summed E-state index contributed by atoms with van der Waals surface area (Å²) in [5.41, 5.74) is 1.08. The Morgan fingerprint density at radius 1 is 0.962 bits per heavy atom. The fourth-order valence-electron chi connectivity index (χ4n) is 2.46. The van der Waals surface area contributed by atoms with Crippen LogP contribution in [0.4, 0.5) is 27.6 Å². The second-order valence-electron chi connectivity index (χ2n) is 5.26. The number of nitrogens with two attached hydrogens (primary N) is 1. The molecule has 5 nitrogen and oxygen atoms in total. The first-order valence-corrected chi connectivity index (χ1v) is 6.84. The van der Waals surface area contributed by atoms with Crippen molar-refractivity contribution in [2.45, 2.75) is 0 Å². The number of rotatable bonds is 2. The molecule has 10 heteroatoms. The first-order chi connectivity index (χ1) is 12.1. The zero-order valence-electron chi connectivity index (χ0n) is 12.5. The lowest BCUT2D eigenvalue weighted by Crippen LogP contribution is -2.19. The van der Waals surface area contributed by atoms with Crippen molar-refractivity contribution in [1.29, 1.82) is 0 Å². The summed E-state index contributed by atoms with van der Waals surface area (Å²) in [6.07, 6.45) is 0.583. The molecule has 0 fully saturated rings. The van der Waals surface area contributed by atoms with Crippen LogP contribution in [0.5, 0.6) is 0 Å². The van der Waals surface area contributed by atoms with Gasteiger partial charge in [-0.15, -0.1) is 0 Å². The normalized spacial score (nSPS) is 11.1. The number of aromatic carboxylic acids is 1. The number of nitrogen functional groups attached to an aromatic ring is 1. The Kier molecular flexibility index (Phi) is 3.90. The third kappa shape index (κ3) is 2.46. The zero-order valence-corrected chi connectivity index (χ0v) is 12.5. The zero-order chi connectivity index (χ0) is 19.3. The first kappa shape index (κ1) is 17.4. The lowest BCUT2D eigenvalue weighted by molar-refractivity contribution is 0.0695. The molecule has 1 aromatic heterocycles. The first-order valence-electron chi connectivity index (χ1n) is 6.84. The van der Waals surface area contributed by atoms with Gasteiger partial charge < -0.3 is 15.4 Å². The van der Waals surface area contributed by atoms with Crippen molar-refractivity contribution in [3.63, 3.8) is 0 Å². The van der Waals surface area contributed by atoms with Gasteiger partial charge in [-0.05, 0) is 12.1 Å². The number of anilines is 1. The highest BCUT2D eigenvalue weighted by Gasteiger charge is 2.23. The van der Waals surface area contributed by atoms with Gasteiger partial charge >= 0.3 is 5.97 Å². The van der Waals surface area contributed by atoms with E-state index < -0.39 is 68.3 Å². The summed E-state index contributed by atoms with van der Waals surface area (Å²) in [6, 6.07) is 1.55. The summed E-state index contributed by atoms with van der Waals surface area (Å²) in [6.45, 7) is 0. The van der Waals surface area contributed by atoms with E-state index in [1.165, 1.54) is 0 Å². The monoisotopic (exact) mass is 370 g/mol. The van der Waals surface area contributed by atoms with E-state index in [9.17, 15) is 31.5 Å². The van der Waals surface area contributed by atoms with E-state index in [0.29, 0.717) is 29.0 Å². The van der Waals surface area contributed by atoms with Crippen LogP contribution in [0, 0.1) is 29.1 Å². The molecule has 3 N–H and O–H groups in total. The summed E-state index contributed by atoms with van der Waals surface area (Å²) >= 11 is 0. The molecule has 3 aromatic rings. The van der Waals surface area contributed by atoms with E-state index in [4.69, 9.17) is 10.8 Å². The van der Waals surface area contributed by atoms with Crippen molar-refractivity contribution in [1.82, 2.24) is 4.57 Å². The fourth-order valence-corrected chi connectivity index (χ4v) is 2.46. The Hall–Kier alpha value is -3.43. The number of benzene rings is 2. The predicted molar refractivity (Wildman–Crippen MR) is 80.7 cm³/mol. The second kappa shape index (κ2) is 5.83. The Morgan fingerprint density at radius 2 is 1.58 bits per heavy atom. The van der Waals surface area contributed by atoms with Crippen molar-refractivity contribution < 1.29 is 31.9 Å². The number of carbonyl (C=O) groups is 1. The summed E-state index contributed by atoms with van der Waals surface area (Å²) < 4.78 is 68.9. The minimum atomic E-state index is -1.95. The van der Waals surface area contributed by atoms with E-state index in [2.05, 4.69) is 0 Å². The highest BCUT2D eigenvalue weighted by atomic mass is 19.2. The molecular formula is C16H7F5N2O3. The van der Waals surface area contributed by atoms with E-state index in [-0.39, 0.29) is 0 Å². The number of nitrogens with zero attached hydrogens (tertiary/aromatic N) is 1. The van der Waals surface area contributed by atoms with Crippen LogP contribution >= 0.6 is 0 Å². The molecule has 0 amide bonds. The largest absolute Gasteiger partial charge is 0.477 e. The minimum absolute atomic E-state index is 0.428. The van der Waals surface area contributed by atoms with Crippen LogP contribution in [-0.4, -0.2) is 15.6 Å². The van der Waals surface area contributed by atoms with Crippen LogP contribution in [-0.2, 0) is 0 Å². The van der Waals surface area contributed by atoms with Gasteiger partial charge in [0.2, 0.25) is 5.43 Å². The second-order valence-corrected chi connectivity index (χ2v) is 5.26. The SMILES string of the molecule is Nc1cc(-n2cc(C(=O)O)c(=O)c3cc(F)c(F)cc32)c(F)c(F)c1F. The number of aromatic nitrogens is 1. The van der Waals surface area contributed by atoms with Crippen molar-refractivity contribution in [2.24, 2.45) is 0 Å². The number of fused-ring (bicyclic) bond motifs is 1. The molecule has 0 saturated heterocycles. The molecule has 2 aromatic carbocycles. The molecule has 0 aliphatic heterocycles. The standard InChI is InChI=1S/C16H7F5N2O3/c17-7-1-5-10(2-8(7)18)23(4-6(15(5)24)16(25)26)11-3-9(22)12(19)14(21)13(11)20/h1-4H,22H2,(H,25,26). The molecule has 0 unspecified atom stereocenters. The third-order valence-electron chi connectivity index (χ3n) is 3.69. The van der Waals surface area contributed by atoms with E-state index >= 15 is 0 Å². The summed E-state index contributed by atoms with van der Waals surface area (Å²) in [7, 11) is 0. The average molecular weight is 370 g/mol. The molecule has 134 valence electrons. The quantitative estimate of drug-likeness (QED) is 0.413. The molecular weight excluding hydrogens is 363 g/mol. The van der Waals surface area contributed by atoms with Gasteiger partial charge in [0, 0.05) is 12.3 Å². The number of hydrogen-bond acceptors (Lipinski definition) is 3. The van der Waals surface area contributed by atoms with Gasteiger partial charge in [0.1, 0.15) is 5.56 Å². The lowest BCUT2D eigenvalue weighted by Gasteiger charge is -2.15. The third-order valence-corrected chi connectivity index (χ3v) is 3.69. The van der Waals surface area contributed by atoms with E-state index in [0.717, 1.165) is 0 Å².